The predicted molar refractivity (Wildman–Crippen MR) is 84.7 cm³/mol. The van der Waals surface area contributed by atoms with E-state index in [0.29, 0.717) is 6.61 Å². The Morgan fingerprint density at radius 1 is 1.05 bits per heavy atom. The fourth-order valence-corrected chi connectivity index (χ4v) is 2.51. The standard InChI is InChI=1S/C17H18N2O2/c1-19-10-12(17-15(18)4-3-5-16(17)19)11-21-14-8-6-13(20-2)7-9-14/h3-10H,11,18H2,1-2H3. The molecule has 4 nitrogen and oxygen atoms in total. The molecule has 0 radical (unpaired) electrons. The average Bonchev–Trinajstić information content (AvgIpc) is 2.84. The van der Waals surface area contributed by atoms with Crippen molar-refractivity contribution in [3.63, 3.8) is 0 Å². The van der Waals surface area contributed by atoms with Gasteiger partial charge in [0, 0.05) is 29.9 Å². The van der Waals surface area contributed by atoms with Crippen molar-refractivity contribution in [2.45, 2.75) is 6.61 Å². The molecule has 21 heavy (non-hydrogen) atoms. The number of aromatic nitrogens is 1. The van der Waals surface area contributed by atoms with Crippen molar-refractivity contribution in [2.75, 3.05) is 12.8 Å². The number of anilines is 1. The lowest BCUT2D eigenvalue weighted by Gasteiger charge is -2.07. The van der Waals surface area contributed by atoms with E-state index in [9.17, 15) is 0 Å². The zero-order valence-electron chi connectivity index (χ0n) is 12.2. The van der Waals surface area contributed by atoms with E-state index in [1.807, 2.05) is 43.4 Å². The molecule has 0 spiro atoms. The first-order chi connectivity index (χ1) is 10.2. The van der Waals surface area contributed by atoms with Gasteiger partial charge in [0.1, 0.15) is 18.1 Å². The largest absolute Gasteiger partial charge is 0.497 e. The third kappa shape index (κ3) is 2.52. The molecule has 4 heteroatoms. The molecule has 0 aliphatic heterocycles. The summed E-state index contributed by atoms with van der Waals surface area (Å²) < 4.78 is 13.0. The Hall–Kier alpha value is -2.62. The summed E-state index contributed by atoms with van der Waals surface area (Å²) >= 11 is 0. The van der Waals surface area contributed by atoms with Crippen LogP contribution in [0.15, 0.2) is 48.7 Å². The highest BCUT2D eigenvalue weighted by atomic mass is 16.5. The van der Waals surface area contributed by atoms with Crippen LogP contribution in [-0.4, -0.2) is 11.7 Å². The maximum Gasteiger partial charge on any atom is 0.120 e. The van der Waals surface area contributed by atoms with Crippen molar-refractivity contribution >= 4 is 16.6 Å². The van der Waals surface area contributed by atoms with Crippen molar-refractivity contribution in [1.29, 1.82) is 0 Å². The van der Waals surface area contributed by atoms with Crippen LogP contribution in [0.25, 0.3) is 10.9 Å². The summed E-state index contributed by atoms with van der Waals surface area (Å²) in [6, 6.07) is 13.5. The Labute approximate surface area is 123 Å². The van der Waals surface area contributed by atoms with Gasteiger partial charge in [-0.05, 0) is 36.4 Å². The van der Waals surface area contributed by atoms with Crippen LogP contribution in [0.4, 0.5) is 5.69 Å². The lowest BCUT2D eigenvalue weighted by atomic mass is 10.1. The molecule has 2 aromatic carbocycles. The molecule has 0 aliphatic carbocycles. The number of fused-ring (bicyclic) bond motifs is 1. The van der Waals surface area contributed by atoms with E-state index in [1.54, 1.807) is 7.11 Å². The van der Waals surface area contributed by atoms with E-state index in [0.717, 1.165) is 33.7 Å². The summed E-state index contributed by atoms with van der Waals surface area (Å²) in [5.41, 5.74) is 9.07. The Kier molecular flexibility index (Phi) is 3.44. The maximum absolute atomic E-state index is 6.09. The molecular formula is C17H18N2O2. The van der Waals surface area contributed by atoms with Gasteiger partial charge < -0.3 is 19.8 Å². The Bertz CT molecular complexity index is 760. The van der Waals surface area contributed by atoms with Crippen molar-refractivity contribution in [2.24, 2.45) is 7.05 Å². The summed E-state index contributed by atoms with van der Waals surface area (Å²) in [5, 5.41) is 1.06. The molecule has 0 bridgehead atoms. The number of benzene rings is 2. The number of nitrogen functional groups attached to an aromatic ring is 1. The first-order valence-electron chi connectivity index (χ1n) is 6.78. The van der Waals surface area contributed by atoms with Gasteiger partial charge in [0.2, 0.25) is 0 Å². The van der Waals surface area contributed by atoms with Crippen molar-refractivity contribution in [1.82, 2.24) is 4.57 Å². The van der Waals surface area contributed by atoms with E-state index >= 15 is 0 Å². The fraction of sp³-hybridized carbons (Fsp3) is 0.176. The van der Waals surface area contributed by atoms with Gasteiger partial charge in [0.25, 0.3) is 0 Å². The van der Waals surface area contributed by atoms with E-state index < -0.39 is 0 Å². The van der Waals surface area contributed by atoms with Gasteiger partial charge in [-0.15, -0.1) is 0 Å². The van der Waals surface area contributed by atoms with Crippen LogP contribution in [0.1, 0.15) is 5.56 Å². The zero-order valence-corrected chi connectivity index (χ0v) is 12.2. The normalized spacial score (nSPS) is 10.8. The second-order valence-corrected chi connectivity index (χ2v) is 4.97. The van der Waals surface area contributed by atoms with Crippen LogP contribution in [0.2, 0.25) is 0 Å². The third-order valence-electron chi connectivity index (χ3n) is 3.58. The second kappa shape index (κ2) is 5.40. The monoisotopic (exact) mass is 282 g/mol. The first kappa shape index (κ1) is 13.4. The smallest absolute Gasteiger partial charge is 0.120 e. The number of aryl methyl sites for hydroxylation is 1. The fourth-order valence-electron chi connectivity index (χ4n) is 2.51. The third-order valence-corrected chi connectivity index (χ3v) is 3.58. The lowest BCUT2D eigenvalue weighted by Crippen LogP contribution is -1.96. The molecule has 0 atom stereocenters. The number of methoxy groups -OCH3 is 1. The number of hydrogen-bond acceptors (Lipinski definition) is 3. The molecule has 0 saturated carbocycles. The minimum absolute atomic E-state index is 0.484. The Morgan fingerprint density at radius 3 is 2.48 bits per heavy atom. The molecule has 2 N–H and O–H groups in total. The molecule has 3 aromatic rings. The van der Waals surface area contributed by atoms with Crippen LogP contribution in [0, 0.1) is 0 Å². The Balaban J connectivity index is 1.84. The molecule has 1 heterocycles. The van der Waals surface area contributed by atoms with Gasteiger partial charge >= 0.3 is 0 Å². The molecule has 0 unspecified atom stereocenters. The number of nitrogens with zero attached hydrogens (tertiary/aromatic N) is 1. The van der Waals surface area contributed by atoms with Crippen molar-refractivity contribution < 1.29 is 9.47 Å². The summed E-state index contributed by atoms with van der Waals surface area (Å²) in [4.78, 5) is 0. The maximum atomic E-state index is 6.09. The van der Waals surface area contributed by atoms with E-state index in [-0.39, 0.29) is 0 Å². The van der Waals surface area contributed by atoms with E-state index in [2.05, 4.69) is 16.8 Å². The minimum atomic E-state index is 0.484. The predicted octanol–water partition coefficient (Wildman–Crippen LogP) is 3.35. The van der Waals surface area contributed by atoms with Gasteiger partial charge in [-0.3, -0.25) is 0 Å². The topological polar surface area (TPSA) is 49.4 Å². The molecule has 108 valence electrons. The lowest BCUT2D eigenvalue weighted by molar-refractivity contribution is 0.306. The van der Waals surface area contributed by atoms with Crippen LogP contribution in [0.3, 0.4) is 0 Å². The summed E-state index contributed by atoms with van der Waals surface area (Å²) in [6.45, 7) is 0.484. The average molecular weight is 282 g/mol. The number of rotatable bonds is 4. The van der Waals surface area contributed by atoms with Gasteiger partial charge in [-0.25, -0.2) is 0 Å². The van der Waals surface area contributed by atoms with Gasteiger partial charge in [-0.1, -0.05) is 6.07 Å². The SMILES string of the molecule is COc1ccc(OCc2cn(C)c3cccc(N)c23)cc1. The van der Waals surface area contributed by atoms with Crippen LogP contribution in [-0.2, 0) is 13.7 Å². The summed E-state index contributed by atoms with van der Waals surface area (Å²) in [7, 11) is 3.66. The molecular weight excluding hydrogens is 264 g/mol. The highest BCUT2D eigenvalue weighted by molar-refractivity contribution is 5.94. The molecule has 3 rings (SSSR count). The number of nitrogens with two attached hydrogens (primary N) is 1. The minimum Gasteiger partial charge on any atom is -0.497 e. The van der Waals surface area contributed by atoms with Crippen LogP contribution in [0.5, 0.6) is 11.5 Å². The second-order valence-electron chi connectivity index (χ2n) is 4.97. The molecule has 0 amide bonds. The first-order valence-corrected chi connectivity index (χ1v) is 6.78. The highest BCUT2D eigenvalue weighted by Gasteiger charge is 2.09. The summed E-state index contributed by atoms with van der Waals surface area (Å²) in [5.74, 6) is 1.62. The van der Waals surface area contributed by atoms with Gasteiger partial charge in [0.05, 0.1) is 12.6 Å². The van der Waals surface area contributed by atoms with E-state index in [1.165, 1.54) is 0 Å². The van der Waals surface area contributed by atoms with E-state index in [4.69, 9.17) is 15.2 Å². The van der Waals surface area contributed by atoms with Crippen LogP contribution >= 0.6 is 0 Å². The quantitative estimate of drug-likeness (QED) is 0.747. The zero-order chi connectivity index (χ0) is 14.8. The van der Waals surface area contributed by atoms with Crippen LogP contribution < -0.4 is 15.2 Å². The number of ether oxygens (including phenoxy) is 2. The van der Waals surface area contributed by atoms with Gasteiger partial charge in [-0.2, -0.15) is 0 Å². The molecule has 1 aromatic heterocycles. The highest BCUT2D eigenvalue weighted by Crippen LogP contribution is 2.27. The molecule has 0 aliphatic rings. The molecule has 0 fully saturated rings. The number of hydrogen-bond donors (Lipinski definition) is 1. The summed E-state index contributed by atoms with van der Waals surface area (Å²) in [6.07, 6.45) is 2.06. The molecule has 0 saturated heterocycles. The van der Waals surface area contributed by atoms with Crippen molar-refractivity contribution in [3.05, 3.63) is 54.2 Å². The Morgan fingerprint density at radius 2 is 1.76 bits per heavy atom. The van der Waals surface area contributed by atoms with Crippen molar-refractivity contribution in [3.8, 4) is 11.5 Å². The van der Waals surface area contributed by atoms with Gasteiger partial charge in [0.15, 0.2) is 0 Å².